The third-order valence-corrected chi connectivity index (χ3v) is 2.03. The molecule has 1 aromatic rings. The molecule has 1 aromatic carbocycles. The first-order valence-electron chi connectivity index (χ1n) is 4.34. The Morgan fingerprint density at radius 3 is 2.53 bits per heavy atom. The van der Waals surface area contributed by atoms with Gasteiger partial charge in [0.2, 0.25) is 0 Å². The largest absolute Gasteiger partial charge is 0.508 e. The smallest absolute Gasteiger partial charge is 0.338 e. The number of carbonyl (C=O) groups is 1. The molecule has 3 nitrogen and oxygen atoms in total. The van der Waals surface area contributed by atoms with Crippen LogP contribution in [0, 0.1) is 0 Å². The van der Waals surface area contributed by atoms with Gasteiger partial charge in [0.05, 0.1) is 12.7 Å². The Balaban J connectivity index is 3.48. The summed E-state index contributed by atoms with van der Waals surface area (Å²) in [4.78, 5) is 11.4. The molecule has 1 N–H and O–H groups in total. The zero-order valence-electron chi connectivity index (χ0n) is 8.49. The molecule has 0 aliphatic carbocycles. The van der Waals surface area contributed by atoms with Crippen molar-refractivity contribution < 1.29 is 14.6 Å². The number of hydrogen-bond donors (Lipinski definition) is 1. The molecule has 0 unspecified atom stereocenters. The SMILES string of the molecule is C=Cc1cc(O)cc(C(=O)OC)c1C=C. The van der Waals surface area contributed by atoms with E-state index in [9.17, 15) is 9.90 Å². The molecule has 0 saturated heterocycles. The molecular formula is C12H12O3. The van der Waals surface area contributed by atoms with E-state index in [1.165, 1.54) is 25.3 Å². The minimum Gasteiger partial charge on any atom is -0.508 e. The second kappa shape index (κ2) is 4.46. The summed E-state index contributed by atoms with van der Waals surface area (Å²) < 4.78 is 4.60. The van der Waals surface area contributed by atoms with Gasteiger partial charge < -0.3 is 9.84 Å². The number of ether oxygens (including phenoxy) is 1. The Bertz CT molecular complexity index is 419. The number of methoxy groups -OCH3 is 1. The molecule has 0 amide bonds. The summed E-state index contributed by atoms with van der Waals surface area (Å²) in [5, 5.41) is 9.40. The second-order valence-electron chi connectivity index (χ2n) is 2.90. The lowest BCUT2D eigenvalue weighted by Gasteiger charge is -2.08. The van der Waals surface area contributed by atoms with Crippen LogP contribution in [0.15, 0.2) is 25.3 Å². The van der Waals surface area contributed by atoms with Crippen molar-refractivity contribution in [1.82, 2.24) is 0 Å². The summed E-state index contributed by atoms with van der Waals surface area (Å²) in [6, 6.07) is 2.85. The van der Waals surface area contributed by atoms with Crippen LogP contribution in [0.3, 0.4) is 0 Å². The van der Waals surface area contributed by atoms with Crippen molar-refractivity contribution >= 4 is 18.1 Å². The van der Waals surface area contributed by atoms with Gasteiger partial charge in [-0.05, 0) is 23.3 Å². The molecule has 15 heavy (non-hydrogen) atoms. The average molecular weight is 204 g/mol. The fraction of sp³-hybridized carbons (Fsp3) is 0.0833. The van der Waals surface area contributed by atoms with E-state index < -0.39 is 5.97 Å². The minimum absolute atomic E-state index is 0.00380. The summed E-state index contributed by atoms with van der Waals surface area (Å²) in [5.41, 5.74) is 1.53. The van der Waals surface area contributed by atoms with Gasteiger partial charge in [0, 0.05) is 0 Å². The van der Waals surface area contributed by atoms with Crippen LogP contribution < -0.4 is 0 Å². The van der Waals surface area contributed by atoms with Crippen molar-refractivity contribution in [1.29, 1.82) is 0 Å². The van der Waals surface area contributed by atoms with Gasteiger partial charge in [-0.25, -0.2) is 4.79 Å². The van der Waals surface area contributed by atoms with Crippen molar-refractivity contribution in [3.8, 4) is 5.75 Å². The number of benzene rings is 1. The van der Waals surface area contributed by atoms with E-state index >= 15 is 0 Å². The highest BCUT2D eigenvalue weighted by Gasteiger charge is 2.13. The maximum absolute atomic E-state index is 11.4. The quantitative estimate of drug-likeness (QED) is 0.769. The average Bonchev–Trinajstić information content (AvgIpc) is 2.26. The maximum Gasteiger partial charge on any atom is 0.338 e. The van der Waals surface area contributed by atoms with Crippen LogP contribution in [0.5, 0.6) is 5.75 Å². The lowest BCUT2D eigenvalue weighted by molar-refractivity contribution is 0.0600. The molecule has 0 fully saturated rings. The molecule has 0 atom stereocenters. The predicted molar refractivity (Wildman–Crippen MR) is 59.6 cm³/mol. The monoisotopic (exact) mass is 204 g/mol. The Morgan fingerprint density at radius 1 is 1.40 bits per heavy atom. The Morgan fingerprint density at radius 2 is 2.07 bits per heavy atom. The Hall–Kier alpha value is -2.03. The van der Waals surface area contributed by atoms with Crippen LogP contribution in [-0.2, 0) is 4.74 Å². The normalized spacial score (nSPS) is 9.40. The summed E-state index contributed by atoms with van der Waals surface area (Å²) in [5.74, 6) is -0.514. The van der Waals surface area contributed by atoms with Gasteiger partial charge in [-0.2, -0.15) is 0 Å². The molecule has 0 aliphatic heterocycles. The van der Waals surface area contributed by atoms with Crippen LogP contribution >= 0.6 is 0 Å². The predicted octanol–water partition coefficient (Wildman–Crippen LogP) is 2.46. The lowest BCUT2D eigenvalue weighted by Crippen LogP contribution is -2.04. The summed E-state index contributed by atoms with van der Waals surface area (Å²) in [7, 11) is 1.28. The number of aromatic hydroxyl groups is 1. The van der Waals surface area contributed by atoms with Gasteiger partial charge in [-0.1, -0.05) is 25.3 Å². The highest BCUT2D eigenvalue weighted by molar-refractivity contribution is 5.95. The highest BCUT2D eigenvalue weighted by atomic mass is 16.5. The first-order chi connectivity index (χ1) is 7.13. The topological polar surface area (TPSA) is 46.5 Å². The summed E-state index contributed by atoms with van der Waals surface area (Å²) in [6.45, 7) is 7.21. The molecule has 0 spiro atoms. The molecule has 0 aliphatic rings. The van der Waals surface area contributed by atoms with Crippen LogP contribution in [0.1, 0.15) is 21.5 Å². The van der Waals surface area contributed by atoms with E-state index in [1.54, 1.807) is 6.08 Å². The highest BCUT2D eigenvalue weighted by Crippen LogP contribution is 2.24. The van der Waals surface area contributed by atoms with Gasteiger partial charge >= 0.3 is 5.97 Å². The molecule has 0 radical (unpaired) electrons. The molecule has 0 bridgehead atoms. The number of phenolic OH excluding ortho intramolecular Hbond substituents is 1. The number of hydrogen-bond acceptors (Lipinski definition) is 3. The second-order valence-corrected chi connectivity index (χ2v) is 2.90. The van der Waals surface area contributed by atoms with E-state index in [1.807, 2.05) is 0 Å². The molecule has 1 rings (SSSR count). The number of rotatable bonds is 3. The van der Waals surface area contributed by atoms with Crippen LogP contribution in [-0.4, -0.2) is 18.2 Å². The summed E-state index contributed by atoms with van der Waals surface area (Å²) >= 11 is 0. The molecule has 3 heteroatoms. The van der Waals surface area contributed by atoms with E-state index in [2.05, 4.69) is 17.9 Å². The van der Waals surface area contributed by atoms with E-state index in [0.29, 0.717) is 11.1 Å². The van der Waals surface area contributed by atoms with Gasteiger partial charge in [-0.15, -0.1) is 0 Å². The van der Waals surface area contributed by atoms with Gasteiger partial charge in [0.1, 0.15) is 5.75 Å². The van der Waals surface area contributed by atoms with Gasteiger partial charge in [-0.3, -0.25) is 0 Å². The molecule has 0 saturated carbocycles. The summed E-state index contributed by atoms with van der Waals surface area (Å²) in [6.07, 6.45) is 3.08. The first-order valence-corrected chi connectivity index (χ1v) is 4.34. The van der Waals surface area contributed by atoms with Crippen molar-refractivity contribution in [2.24, 2.45) is 0 Å². The maximum atomic E-state index is 11.4. The van der Waals surface area contributed by atoms with Crippen LogP contribution in [0.4, 0.5) is 0 Å². The van der Waals surface area contributed by atoms with Gasteiger partial charge in [0.15, 0.2) is 0 Å². The molecule has 0 aromatic heterocycles. The van der Waals surface area contributed by atoms with Gasteiger partial charge in [0.25, 0.3) is 0 Å². The van der Waals surface area contributed by atoms with E-state index in [-0.39, 0.29) is 11.3 Å². The number of phenols is 1. The minimum atomic E-state index is -0.510. The third-order valence-electron chi connectivity index (χ3n) is 2.03. The van der Waals surface area contributed by atoms with Crippen molar-refractivity contribution in [3.63, 3.8) is 0 Å². The zero-order valence-corrected chi connectivity index (χ0v) is 8.49. The Kier molecular flexibility index (Phi) is 3.29. The molecular weight excluding hydrogens is 192 g/mol. The first kappa shape index (κ1) is 11.0. The zero-order chi connectivity index (χ0) is 11.4. The fourth-order valence-corrected chi connectivity index (χ4v) is 1.34. The number of esters is 1. The standard InChI is InChI=1S/C12H12O3/c1-4-8-6-9(13)7-11(10(8)5-2)12(14)15-3/h4-7,13H,1-2H2,3H3. The Labute approximate surface area is 88.3 Å². The van der Waals surface area contributed by atoms with Crippen LogP contribution in [0.25, 0.3) is 12.2 Å². The van der Waals surface area contributed by atoms with Crippen LogP contribution in [0.2, 0.25) is 0 Å². The number of carbonyl (C=O) groups excluding carboxylic acids is 1. The van der Waals surface area contributed by atoms with Crippen molar-refractivity contribution in [2.75, 3.05) is 7.11 Å². The molecule has 78 valence electrons. The fourth-order valence-electron chi connectivity index (χ4n) is 1.34. The van der Waals surface area contributed by atoms with E-state index in [4.69, 9.17) is 0 Å². The van der Waals surface area contributed by atoms with E-state index in [0.717, 1.165) is 0 Å². The molecule has 0 heterocycles. The lowest BCUT2D eigenvalue weighted by atomic mass is 10.0. The third kappa shape index (κ3) is 2.07. The van der Waals surface area contributed by atoms with Crippen molar-refractivity contribution in [2.45, 2.75) is 0 Å². The van der Waals surface area contributed by atoms with Crippen molar-refractivity contribution in [3.05, 3.63) is 42.0 Å².